The number of phenols is 1. The largest absolute Gasteiger partial charge is 0.508 e. The Balaban J connectivity index is 1.67. The summed E-state index contributed by atoms with van der Waals surface area (Å²) in [6, 6.07) is 19.1. The molecule has 0 amide bonds. The Morgan fingerprint density at radius 1 is 0.944 bits per heavy atom. The summed E-state index contributed by atoms with van der Waals surface area (Å²) in [6.45, 7) is 3.77. The lowest BCUT2D eigenvalue weighted by atomic mass is 9.96. The summed E-state index contributed by atoms with van der Waals surface area (Å²) in [5.74, 6) is 0.136. The van der Waals surface area contributed by atoms with Crippen LogP contribution in [0.5, 0.6) is 5.75 Å². The molecule has 0 aliphatic carbocycles. The van der Waals surface area contributed by atoms with Crippen molar-refractivity contribution in [3.05, 3.63) is 107 Å². The lowest BCUT2D eigenvalue weighted by Crippen LogP contribution is -2.29. The summed E-state index contributed by atoms with van der Waals surface area (Å²) in [5.41, 5.74) is 3.80. The molecule has 184 valence electrons. The Morgan fingerprint density at radius 3 is 2.36 bits per heavy atom. The molecule has 0 unspecified atom stereocenters. The van der Waals surface area contributed by atoms with Gasteiger partial charge < -0.3 is 19.9 Å². The first-order valence-corrected chi connectivity index (χ1v) is 11.7. The third-order valence-corrected chi connectivity index (χ3v) is 6.76. The highest BCUT2D eigenvalue weighted by Gasteiger charge is 2.42. The van der Waals surface area contributed by atoms with E-state index in [1.54, 1.807) is 36.5 Å². The number of nitrogens with one attached hydrogen (secondary N) is 1. The van der Waals surface area contributed by atoms with Crippen molar-refractivity contribution in [2.24, 2.45) is 0 Å². The van der Waals surface area contributed by atoms with Gasteiger partial charge in [0.1, 0.15) is 5.75 Å². The number of phenolic OH excluding ortho intramolecular Hbond substituents is 1. The molecule has 2 atom stereocenters. The third-order valence-electron chi connectivity index (χ3n) is 6.45. The molecule has 1 saturated heterocycles. The molecule has 0 radical (unpaired) electrons. The van der Waals surface area contributed by atoms with Crippen LogP contribution in [-0.4, -0.2) is 19.8 Å². The summed E-state index contributed by atoms with van der Waals surface area (Å²) < 4.78 is 42.1. The van der Waals surface area contributed by atoms with Crippen molar-refractivity contribution < 1.29 is 18.3 Å². The summed E-state index contributed by atoms with van der Waals surface area (Å²) in [4.78, 5) is 6.51. The number of halogens is 3. The van der Waals surface area contributed by atoms with E-state index in [1.807, 2.05) is 47.6 Å². The normalized spacial score (nSPS) is 17.9. The van der Waals surface area contributed by atoms with Gasteiger partial charge in [0.05, 0.1) is 23.3 Å². The molecule has 1 fully saturated rings. The van der Waals surface area contributed by atoms with E-state index >= 15 is 0 Å². The first kappa shape index (κ1) is 23.9. The molecule has 5 rings (SSSR count). The van der Waals surface area contributed by atoms with Crippen LogP contribution in [-0.2, 0) is 6.18 Å². The Bertz CT molecular complexity index is 1420. The molecule has 36 heavy (non-hydrogen) atoms. The van der Waals surface area contributed by atoms with Crippen LogP contribution in [0.3, 0.4) is 0 Å². The number of aromatic nitrogens is 2. The summed E-state index contributed by atoms with van der Waals surface area (Å²) >= 11 is 5.74. The number of hydrogen-bond donors (Lipinski definition) is 2. The maximum absolute atomic E-state index is 13.4. The molecule has 0 saturated carbocycles. The summed E-state index contributed by atoms with van der Waals surface area (Å²) in [5, 5.41) is 13.7. The fourth-order valence-corrected chi connectivity index (χ4v) is 5.21. The van der Waals surface area contributed by atoms with Gasteiger partial charge in [-0.2, -0.15) is 13.2 Å². The van der Waals surface area contributed by atoms with E-state index in [1.165, 1.54) is 6.07 Å². The molecular weight excluding hydrogens is 485 g/mol. The van der Waals surface area contributed by atoms with Gasteiger partial charge in [-0.1, -0.05) is 12.1 Å². The zero-order valence-corrected chi connectivity index (χ0v) is 20.3. The number of benzene rings is 2. The molecule has 2 aromatic heterocycles. The van der Waals surface area contributed by atoms with E-state index in [9.17, 15) is 18.3 Å². The topological polar surface area (TPSA) is 53.3 Å². The van der Waals surface area contributed by atoms with Gasteiger partial charge in [-0.15, -0.1) is 0 Å². The second kappa shape index (κ2) is 8.98. The zero-order valence-electron chi connectivity index (χ0n) is 19.5. The van der Waals surface area contributed by atoms with Crippen LogP contribution in [0.2, 0.25) is 0 Å². The van der Waals surface area contributed by atoms with Crippen molar-refractivity contribution in [3.8, 4) is 11.4 Å². The molecule has 1 aliphatic heterocycles. The van der Waals surface area contributed by atoms with Gasteiger partial charge in [-0.05, 0) is 92.3 Å². The number of rotatable bonds is 4. The molecule has 3 heterocycles. The van der Waals surface area contributed by atoms with Crippen LogP contribution in [0.15, 0.2) is 79.0 Å². The number of aromatic hydroxyl groups is 1. The monoisotopic (exact) mass is 508 g/mol. The fraction of sp³-hybridized carbons (Fsp3) is 0.185. The molecule has 0 spiro atoms. The molecule has 4 aromatic rings. The van der Waals surface area contributed by atoms with Gasteiger partial charge >= 0.3 is 6.18 Å². The third kappa shape index (κ3) is 4.19. The lowest BCUT2D eigenvalue weighted by Gasteiger charge is -2.28. The average Bonchev–Trinajstić information content (AvgIpc) is 3.35. The Morgan fingerprint density at radius 2 is 1.69 bits per heavy atom. The highest BCUT2D eigenvalue weighted by Crippen LogP contribution is 2.44. The van der Waals surface area contributed by atoms with Crippen LogP contribution in [0, 0.1) is 13.8 Å². The smallest absolute Gasteiger partial charge is 0.416 e. The highest BCUT2D eigenvalue weighted by atomic mass is 32.1. The standard InChI is InChI=1S/C27H23F3N4OS/c1-16-14-22(17(2)33(16)20-7-5-6-18(15-20)27(28,29)30)25-24(23-8-3-4-13-31-23)32-26(36)34(25)19-9-11-21(35)12-10-19/h3-15,24-25,35H,1-2H3,(H,32,36)/t24-,25-/m0/s1. The minimum atomic E-state index is -4.44. The molecule has 5 nitrogen and oxygen atoms in total. The van der Waals surface area contributed by atoms with Crippen LogP contribution in [0.25, 0.3) is 5.69 Å². The highest BCUT2D eigenvalue weighted by molar-refractivity contribution is 7.80. The van der Waals surface area contributed by atoms with E-state index in [0.29, 0.717) is 10.8 Å². The zero-order chi connectivity index (χ0) is 25.6. The molecular formula is C27H23F3N4OS. The maximum atomic E-state index is 13.4. The molecule has 9 heteroatoms. The Labute approximate surface area is 211 Å². The van der Waals surface area contributed by atoms with E-state index < -0.39 is 11.7 Å². The first-order chi connectivity index (χ1) is 17.1. The number of pyridine rings is 1. The van der Waals surface area contributed by atoms with Crippen molar-refractivity contribution in [1.82, 2.24) is 14.9 Å². The van der Waals surface area contributed by atoms with Crippen LogP contribution < -0.4 is 10.2 Å². The minimum Gasteiger partial charge on any atom is -0.508 e. The summed E-state index contributed by atoms with van der Waals surface area (Å²) in [6.07, 6.45) is -2.72. The van der Waals surface area contributed by atoms with Crippen LogP contribution in [0.4, 0.5) is 18.9 Å². The second-order valence-electron chi connectivity index (χ2n) is 8.72. The molecule has 0 bridgehead atoms. The molecule has 2 aromatic carbocycles. The van der Waals surface area contributed by atoms with Gasteiger partial charge in [0, 0.05) is 29.0 Å². The first-order valence-electron chi connectivity index (χ1n) is 11.3. The number of alkyl halides is 3. The van der Waals surface area contributed by atoms with E-state index in [2.05, 4.69) is 10.3 Å². The predicted octanol–water partition coefficient (Wildman–Crippen LogP) is 6.39. The number of thiocarbonyl (C=S) groups is 1. The summed E-state index contributed by atoms with van der Waals surface area (Å²) in [7, 11) is 0. The average molecular weight is 509 g/mol. The van der Waals surface area contributed by atoms with Crippen LogP contribution >= 0.6 is 12.2 Å². The van der Waals surface area contributed by atoms with Crippen molar-refractivity contribution >= 4 is 23.0 Å². The van der Waals surface area contributed by atoms with Gasteiger partial charge in [0.2, 0.25) is 0 Å². The quantitative estimate of drug-likeness (QED) is 0.313. The minimum absolute atomic E-state index is 0.136. The molecule has 1 aliphatic rings. The van der Waals surface area contributed by atoms with Gasteiger partial charge in [-0.3, -0.25) is 4.98 Å². The Hall–Kier alpha value is -3.85. The van der Waals surface area contributed by atoms with Crippen molar-refractivity contribution in [1.29, 1.82) is 0 Å². The lowest BCUT2D eigenvalue weighted by molar-refractivity contribution is -0.137. The Kier molecular flexibility index (Phi) is 5.96. The van der Waals surface area contributed by atoms with E-state index in [4.69, 9.17) is 12.2 Å². The van der Waals surface area contributed by atoms with E-state index in [0.717, 1.165) is 40.5 Å². The van der Waals surface area contributed by atoms with Gasteiger partial charge in [0.25, 0.3) is 0 Å². The van der Waals surface area contributed by atoms with Crippen molar-refractivity contribution in [2.45, 2.75) is 32.1 Å². The number of aryl methyl sites for hydroxylation is 1. The van der Waals surface area contributed by atoms with E-state index in [-0.39, 0.29) is 17.8 Å². The van der Waals surface area contributed by atoms with Gasteiger partial charge in [0.15, 0.2) is 5.11 Å². The number of nitrogens with zero attached hydrogens (tertiary/aromatic N) is 3. The van der Waals surface area contributed by atoms with Crippen molar-refractivity contribution in [3.63, 3.8) is 0 Å². The fourth-order valence-electron chi connectivity index (χ4n) is 4.87. The van der Waals surface area contributed by atoms with Crippen LogP contribution in [0.1, 0.15) is 40.3 Å². The number of hydrogen-bond acceptors (Lipinski definition) is 3. The van der Waals surface area contributed by atoms with Gasteiger partial charge in [-0.25, -0.2) is 0 Å². The number of anilines is 1. The predicted molar refractivity (Wildman–Crippen MR) is 136 cm³/mol. The maximum Gasteiger partial charge on any atom is 0.416 e. The van der Waals surface area contributed by atoms with Crippen molar-refractivity contribution in [2.75, 3.05) is 4.90 Å². The second-order valence-corrected chi connectivity index (χ2v) is 9.11. The molecule has 2 N–H and O–H groups in total. The SMILES string of the molecule is Cc1cc([C@H]2[C@H](c3ccccn3)NC(=S)N2c2ccc(O)cc2)c(C)n1-c1cccc(C(F)(F)F)c1.